The Morgan fingerprint density at radius 3 is 2.61 bits per heavy atom. The van der Waals surface area contributed by atoms with Crippen LogP contribution in [0.5, 0.6) is 0 Å². The number of amides is 1. The molecule has 0 spiro atoms. The zero-order valence-electron chi connectivity index (χ0n) is 17.4. The highest BCUT2D eigenvalue weighted by molar-refractivity contribution is 7.89. The molecule has 0 saturated carbocycles. The van der Waals surface area contributed by atoms with E-state index >= 15 is 0 Å². The molecular weight excluding hydrogens is 424 g/mol. The van der Waals surface area contributed by atoms with E-state index in [0.29, 0.717) is 25.2 Å². The molecule has 0 radical (unpaired) electrons. The Hall–Kier alpha value is -2.50. The number of aryl methyl sites for hydroxylation is 1. The maximum absolute atomic E-state index is 13.0. The monoisotopic (exact) mass is 450 g/mol. The lowest BCUT2D eigenvalue weighted by atomic mass is 10.2. The number of ether oxygens (including phenoxy) is 1. The van der Waals surface area contributed by atoms with Crippen LogP contribution >= 0.6 is 0 Å². The lowest BCUT2D eigenvalue weighted by Gasteiger charge is -2.17. The highest BCUT2D eigenvalue weighted by Crippen LogP contribution is 2.17. The van der Waals surface area contributed by atoms with Gasteiger partial charge in [0.1, 0.15) is 6.54 Å². The van der Waals surface area contributed by atoms with E-state index in [4.69, 9.17) is 4.74 Å². The highest BCUT2D eigenvalue weighted by Gasteiger charge is 2.23. The highest BCUT2D eigenvalue weighted by atomic mass is 32.2. The van der Waals surface area contributed by atoms with Gasteiger partial charge in [-0.2, -0.15) is 0 Å². The number of benzene rings is 1. The summed E-state index contributed by atoms with van der Waals surface area (Å²) in [6.07, 6.45) is 3.32. The van der Waals surface area contributed by atoms with Crippen LogP contribution in [0.4, 0.5) is 0 Å². The van der Waals surface area contributed by atoms with Crippen molar-refractivity contribution < 1.29 is 17.9 Å². The Kier molecular flexibility index (Phi) is 6.00. The average molecular weight is 451 g/mol. The molecule has 1 N–H and O–H groups in total. The Bertz CT molecular complexity index is 1220. The standard InChI is InChI=1S/C20H26N4O6S/c1-22-17-7-6-15(31(28,29)21-12-14-5-4-10-30-14)11-16(17)19(26)24(20(22)27)13-18(25)23-8-2-3-9-23/h6-7,11,14,21H,2-5,8-10,12-13H2,1H3/t14-/m0/s1. The number of hydrogen-bond acceptors (Lipinski definition) is 6. The van der Waals surface area contributed by atoms with Crippen LogP contribution in [0.25, 0.3) is 10.9 Å². The third kappa shape index (κ3) is 4.30. The molecule has 31 heavy (non-hydrogen) atoms. The van der Waals surface area contributed by atoms with Crippen molar-refractivity contribution in [2.45, 2.75) is 43.2 Å². The molecule has 1 amide bonds. The maximum Gasteiger partial charge on any atom is 0.331 e. The first kappa shape index (κ1) is 21.7. The third-order valence-electron chi connectivity index (χ3n) is 5.91. The fraction of sp³-hybridized carbons (Fsp3) is 0.550. The molecule has 0 aliphatic carbocycles. The van der Waals surface area contributed by atoms with Crippen molar-refractivity contribution in [3.8, 4) is 0 Å². The van der Waals surface area contributed by atoms with Gasteiger partial charge in [-0.05, 0) is 43.9 Å². The van der Waals surface area contributed by atoms with Crippen molar-refractivity contribution in [1.29, 1.82) is 0 Å². The molecule has 3 heterocycles. The number of nitrogens with zero attached hydrogens (tertiary/aromatic N) is 3. The van der Waals surface area contributed by atoms with Crippen LogP contribution in [0.15, 0.2) is 32.7 Å². The van der Waals surface area contributed by atoms with Gasteiger partial charge in [-0.25, -0.2) is 17.9 Å². The van der Waals surface area contributed by atoms with Crippen molar-refractivity contribution in [1.82, 2.24) is 18.8 Å². The Morgan fingerprint density at radius 1 is 1.19 bits per heavy atom. The summed E-state index contributed by atoms with van der Waals surface area (Å²) in [6, 6.07) is 4.05. The molecule has 1 aromatic heterocycles. The molecule has 2 aliphatic rings. The summed E-state index contributed by atoms with van der Waals surface area (Å²) < 4.78 is 35.5. The van der Waals surface area contributed by atoms with Gasteiger partial charge in [0.15, 0.2) is 0 Å². The van der Waals surface area contributed by atoms with Gasteiger partial charge in [0.25, 0.3) is 5.56 Å². The van der Waals surface area contributed by atoms with Gasteiger partial charge in [-0.15, -0.1) is 0 Å². The number of likely N-dealkylation sites (tertiary alicyclic amines) is 1. The molecule has 1 atom stereocenters. The van der Waals surface area contributed by atoms with Gasteiger partial charge in [0, 0.05) is 33.3 Å². The molecular formula is C20H26N4O6S. The molecule has 2 aromatic rings. The number of rotatable bonds is 6. The summed E-state index contributed by atoms with van der Waals surface area (Å²) in [5, 5.41) is 0.0660. The van der Waals surface area contributed by atoms with Gasteiger partial charge in [-0.3, -0.25) is 18.7 Å². The zero-order valence-corrected chi connectivity index (χ0v) is 18.2. The summed E-state index contributed by atoms with van der Waals surface area (Å²) in [4.78, 5) is 39.8. The minimum atomic E-state index is -3.87. The van der Waals surface area contributed by atoms with E-state index in [1.165, 1.54) is 29.8 Å². The van der Waals surface area contributed by atoms with Gasteiger partial charge in [0.05, 0.1) is 21.9 Å². The molecule has 0 bridgehead atoms. The minimum Gasteiger partial charge on any atom is -0.377 e. The number of sulfonamides is 1. The first-order valence-electron chi connectivity index (χ1n) is 10.4. The molecule has 1 aromatic carbocycles. The second-order valence-electron chi connectivity index (χ2n) is 7.99. The first-order chi connectivity index (χ1) is 14.8. The van der Waals surface area contributed by atoms with Gasteiger partial charge in [-0.1, -0.05) is 0 Å². The van der Waals surface area contributed by atoms with Crippen LogP contribution < -0.4 is 16.0 Å². The summed E-state index contributed by atoms with van der Waals surface area (Å²) in [6.45, 7) is 1.63. The molecule has 10 nitrogen and oxygen atoms in total. The molecule has 0 unspecified atom stereocenters. The molecule has 2 fully saturated rings. The Labute approximate surface area is 179 Å². The van der Waals surface area contributed by atoms with E-state index in [1.54, 1.807) is 4.90 Å². The van der Waals surface area contributed by atoms with E-state index in [2.05, 4.69) is 4.72 Å². The Morgan fingerprint density at radius 2 is 1.94 bits per heavy atom. The largest absolute Gasteiger partial charge is 0.377 e. The van der Waals surface area contributed by atoms with Crippen molar-refractivity contribution in [2.24, 2.45) is 7.05 Å². The number of hydrogen-bond donors (Lipinski definition) is 1. The zero-order chi connectivity index (χ0) is 22.2. The summed E-state index contributed by atoms with van der Waals surface area (Å²) in [5.74, 6) is -0.293. The lowest BCUT2D eigenvalue weighted by molar-refractivity contribution is -0.130. The average Bonchev–Trinajstić information content (AvgIpc) is 3.47. The summed E-state index contributed by atoms with van der Waals surface area (Å²) in [7, 11) is -2.38. The second kappa shape index (κ2) is 8.56. The number of nitrogens with one attached hydrogen (secondary N) is 1. The lowest BCUT2D eigenvalue weighted by Crippen LogP contribution is -2.43. The van der Waals surface area contributed by atoms with E-state index in [9.17, 15) is 22.8 Å². The molecule has 2 aliphatic heterocycles. The molecule has 2 saturated heterocycles. The minimum absolute atomic E-state index is 0.0660. The number of carbonyl (C=O) groups excluding carboxylic acids is 1. The SMILES string of the molecule is Cn1c(=O)n(CC(=O)N2CCCC2)c(=O)c2cc(S(=O)(=O)NC[C@@H]3CCCO3)ccc21. The van der Waals surface area contributed by atoms with Gasteiger partial charge >= 0.3 is 5.69 Å². The van der Waals surface area contributed by atoms with Gasteiger partial charge < -0.3 is 9.64 Å². The fourth-order valence-corrected chi connectivity index (χ4v) is 5.19. The van der Waals surface area contributed by atoms with Crippen LogP contribution in [0, 0.1) is 0 Å². The van der Waals surface area contributed by atoms with Crippen LogP contribution in [0.2, 0.25) is 0 Å². The van der Waals surface area contributed by atoms with E-state index in [0.717, 1.165) is 30.3 Å². The molecule has 11 heteroatoms. The third-order valence-corrected chi connectivity index (χ3v) is 7.33. The van der Waals surface area contributed by atoms with E-state index in [1.807, 2.05) is 0 Å². The van der Waals surface area contributed by atoms with Crippen LogP contribution in [-0.2, 0) is 33.1 Å². The van der Waals surface area contributed by atoms with Crippen LogP contribution in [0.1, 0.15) is 25.7 Å². The van der Waals surface area contributed by atoms with Crippen molar-refractivity contribution in [2.75, 3.05) is 26.2 Å². The summed E-state index contributed by atoms with van der Waals surface area (Å²) >= 11 is 0. The quantitative estimate of drug-likeness (QED) is 0.650. The summed E-state index contributed by atoms with van der Waals surface area (Å²) in [5.41, 5.74) is -0.989. The van der Waals surface area contributed by atoms with Crippen molar-refractivity contribution in [3.05, 3.63) is 39.0 Å². The molecule has 168 valence electrons. The van der Waals surface area contributed by atoms with Crippen molar-refractivity contribution in [3.63, 3.8) is 0 Å². The van der Waals surface area contributed by atoms with Crippen LogP contribution in [0.3, 0.4) is 0 Å². The number of carbonyl (C=O) groups is 1. The predicted molar refractivity (Wildman–Crippen MR) is 113 cm³/mol. The second-order valence-corrected chi connectivity index (χ2v) is 9.75. The van der Waals surface area contributed by atoms with E-state index in [-0.39, 0.29) is 35.4 Å². The van der Waals surface area contributed by atoms with Gasteiger partial charge in [0.2, 0.25) is 15.9 Å². The fourth-order valence-electron chi connectivity index (χ4n) is 4.10. The van der Waals surface area contributed by atoms with Crippen molar-refractivity contribution >= 4 is 26.8 Å². The van der Waals surface area contributed by atoms with Crippen LogP contribution in [-0.4, -0.2) is 60.7 Å². The molecule has 4 rings (SSSR count). The topological polar surface area (TPSA) is 120 Å². The predicted octanol–water partition coefficient (Wildman–Crippen LogP) is -0.220. The normalized spacial score (nSPS) is 19.4. The smallest absolute Gasteiger partial charge is 0.331 e. The first-order valence-corrected chi connectivity index (χ1v) is 11.9. The number of aromatic nitrogens is 2. The Balaban J connectivity index is 1.68. The van der Waals surface area contributed by atoms with E-state index < -0.39 is 21.3 Å². The number of fused-ring (bicyclic) bond motifs is 1. The maximum atomic E-state index is 13.0.